The third kappa shape index (κ3) is 5.22. The van der Waals surface area contributed by atoms with E-state index in [0.717, 1.165) is 0 Å². The Morgan fingerprint density at radius 1 is 0.750 bits per heavy atom. The molecule has 5 N–H and O–H groups in total. The van der Waals surface area contributed by atoms with E-state index >= 15 is 0 Å². The summed E-state index contributed by atoms with van der Waals surface area (Å²) in [5.41, 5.74) is 0.225. The summed E-state index contributed by atoms with van der Waals surface area (Å²) in [6, 6.07) is 15.4. The monoisotopic (exact) mass is 390 g/mol. The highest BCUT2D eigenvalue weighted by molar-refractivity contribution is 6.02. The number of ketones is 1. The van der Waals surface area contributed by atoms with E-state index in [1.807, 2.05) is 0 Å². The molecule has 0 aliphatic rings. The van der Waals surface area contributed by atoms with E-state index in [4.69, 9.17) is 9.84 Å². The summed E-state index contributed by atoms with van der Waals surface area (Å²) in [4.78, 5) is 25.1. The number of benzene rings is 2. The van der Waals surface area contributed by atoms with Gasteiger partial charge in [-0.1, -0.05) is 48.5 Å². The number of aliphatic hydroxyl groups is 5. The highest BCUT2D eigenvalue weighted by Crippen LogP contribution is 2.17. The van der Waals surface area contributed by atoms with E-state index in [0.29, 0.717) is 0 Å². The standard InChI is InChI=1S/C20H22O8/c21-11-14(22)16(24)17(25)18(26)19(15(23)12-7-3-1-4-8-12)28-20(27)13-9-5-2-6-10-13/h1-10,14,16-19,21-22,24-26H,11H2/t14-,16-,17+,18-,19?/m1/s1. The zero-order chi connectivity index (χ0) is 20.7. The summed E-state index contributed by atoms with van der Waals surface area (Å²) in [6.07, 6.45) is -9.71. The van der Waals surface area contributed by atoms with Crippen molar-refractivity contribution in [3.8, 4) is 0 Å². The number of aliphatic hydroxyl groups excluding tert-OH is 5. The molecule has 0 aromatic heterocycles. The summed E-state index contributed by atoms with van der Waals surface area (Å²) in [6.45, 7) is -0.883. The van der Waals surface area contributed by atoms with Gasteiger partial charge in [-0.15, -0.1) is 0 Å². The fourth-order valence-electron chi connectivity index (χ4n) is 2.52. The second-order valence-electron chi connectivity index (χ2n) is 6.14. The van der Waals surface area contributed by atoms with Gasteiger partial charge in [-0.2, -0.15) is 0 Å². The Morgan fingerprint density at radius 3 is 1.75 bits per heavy atom. The molecule has 2 aromatic carbocycles. The Morgan fingerprint density at radius 2 is 1.25 bits per heavy atom. The van der Waals surface area contributed by atoms with Crippen LogP contribution in [0.2, 0.25) is 0 Å². The van der Waals surface area contributed by atoms with Crippen molar-refractivity contribution in [2.45, 2.75) is 30.5 Å². The third-order valence-corrected chi connectivity index (χ3v) is 4.15. The number of hydrogen-bond acceptors (Lipinski definition) is 8. The molecule has 0 bridgehead atoms. The largest absolute Gasteiger partial charge is 0.447 e. The van der Waals surface area contributed by atoms with Crippen LogP contribution in [0.1, 0.15) is 20.7 Å². The molecule has 1 unspecified atom stereocenters. The summed E-state index contributed by atoms with van der Waals surface area (Å²) in [7, 11) is 0. The predicted molar refractivity (Wildman–Crippen MR) is 97.5 cm³/mol. The van der Waals surface area contributed by atoms with Gasteiger partial charge in [0.2, 0.25) is 5.78 Å². The molecule has 8 nitrogen and oxygen atoms in total. The molecule has 2 aromatic rings. The van der Waals surface area contributed by atoms with E-state index in [-0.39, 0.29) is 11.1 Å². The first-order chi connectivity index (χ1) is 13.4. The average Bonchev–Trinajstić information content (AvgIpc) is 2.75. The maximum Gasteiger partial charge on any atom is 0.338 e. The number of carbonyl (C=O) groups is 2. The molecule has 0 spiro atoms. The van der Waals surface area contributed by atoms with Crippen molar-refractivity contribution in [2.75, 3.05) is 6.61 Å². The van der Waals surface area contributed by atoms with E-state index in [2.05, 4.69) is 0 Å². The van der Waals surface area contributed by atoms with Crippen LogP contribution in [0.3, 0.4) is 0 Å². The van der Waals surface area contributed by atoms with Crippen LogP contribution in [0.4, 0.5) is 0 Å². The second kappa shape index (κ2) is 10.1. The van der Waals surface area contributed by atoms with Gasteiger partial charge in [-0.05, 0) is 12.1 Å². The molecule has 0 saturated heterocycles. The van der Waals surface area contributed by atoms with Gasteiger partial charge < -0.3 is 30.3 Å². The minimum atomic E-state index is -2.07. The summed E-state index contributed by atoms with van der Waals surface area (Å²) in [5, 5.41) is 48.8. The second-order valence-corrected chi connectivity index (χ2v) is 6.14. The molecule has 8 heteroatoms. The molecule has 0 heterocycles. The number of rotatable bonds is 9. The molecular weight excluding hydrogens is 368 g/mol. The predicted octanol–water partition coefficient (Wildman–Crippen LogP) is -0.469. The Labute approximate surface area is 161 Å². The lowest BCUT2D eigenvalue weighted by atomic mass is 9.94. The zero-order valence-corrected chi connectivity index (χ0v) is 14.8. The first-order valence-corrected chi connectivity index (χ1v) is 8.55. The van der Waals surface area contributed by atoms with Crippen molar-refractivity contribution >= 4 is 11.8 Å². The first-order valence-electron chi connectivity index (χ1n) is 8.55. The van der Waals surface area contributed by atoms with E-state index in [1.165, 1.54) is 24.3 Å². The van der Waals surface area contributed by atoms with E-state index in [1.54, 1.807) is 36.4 Å². The molecule has 5 atom stereocenters. The molecule has 0 radical (unpaired) electrons. The van der Waals surface area contributed by atoms with Gasteiger partial charge in [0.1, 0.15) is 24.4 Å². The number of carbonyl (C=O) groups excluding carboxylic acids is 2. The highest BCUT2D eigenvalue weighted by atomic mass is 16.6. The lowest BCUT2D eigenvalue weighted by Crippen LogP contribution is -2.53. The van der Waals surface area contributed by atoms with Crippen molar-refractivity contribution in [3.05, 3.63) is 71.8 Å². The molecule has 28 heavy (non-hydrogen) atoms. The van der Waals surface area contributed by atoms with E-state index < -0.39 is 48.9 Å². The summed E-state index contributed by atoms with van der Waals surface area (Å²) in [5.74, 6) is -1.72. The summed E-state index contributed by atoms with van der Waals surface area (Å²) < 4.78 is 5.15. The fourth-order valence-corrected chi connectivity index (χ4v) is 2.52. The SMILES string of the molecule is O=C(OC(C(=O)c1ccccc1)[C@H](O)[C@@H](O)[C@H](O)[C@H](O)CO)c1ccccc1. The lowest BCUT2D eigenvalue weighted by Gasteiger charge is -2.30. The quantitative estimate of drug-likeness (QED) is 0.285. The van der Waals surface area contributed by atoms with Gasteiger partial charge in [0.15, 0.2) is 6.10 Å². The smallest absolute Gasteiger partial charge is 0.338 e. The number of esters is 1. The number of hydrogen-bond donors (Lipinski definition) is 5. The Bertz CT molecular complexity index is 764. The topological polar surface area (TPSA) is 145 Å². The average molecular weight is 390 g/mol. The molecule has 150 valence electrons. The minimum absolute atomic E-state index is 0.108. The lowest BCUT2D eigenvalue weighted by molar-refractivity contribution is -0.134. The Kier molecular flexibility index (Phi) is 7.80. The van der Waals surface area contributed by atoms with Crippen LogP contribution >= 0.6 is 0 Å². The van der Waals surface area contributed by atoms with Crippen LogP contribution in [-0.4, -0.2) is 74.4 Å². The van der Waals surface area contributed by atoms with Gasteiger partial charge >= 0.3 is 5.97 Å². The van der Waals surface area contributed by atoms with E-state index in [9.17, 15) is 30.0 Å². The molecular formula is C20H22O8. The molecule has 0 aliphatic heterocycles. The Hall–Kier alpha value is -2.62. The van der Waals surface area contributed by atoms with Gasteiger partial charge in [-0.3, -0.25) is 4.79 Å². The van der Waals surface area contributed by atoms with Crippen molar-refractivity contribution in [2.24, 2.45) is 0 Å². The first kappa shape index (κ1) is 21.7. The van der Waals surface area contributed by atoms with Crippen LogP contribution in [0.15, 0.2) is 60.7 Å². The molecule has 0 saturated carbocycles. The highest BCUT2D eigenvalue weighted by Gasteiger charge is 2.40. The molecule has 0 fully saturated rings. The van der Waals surface area contributed by atoms with Crippen molar-refractivity contribution < 1.29 is 39.9 Å². The minimum Gasteiger partial charge on any atom is -0.447 e. The molecule has 2 rings (SSSR count). The molecule has 0 aliphatic carbocycles. The van der Waals surface area contributed by atoms with Crippen molar-refractivity contribution in [1.82, 2.24) is 0 Å². The fraction of sp³-hybridized carbons (Fsp3) is 0.300. The third-order valence-electron chi connectivity index (χ3n) is 4.15. The summed E-state index contributed by atoms with van der Waals surface area (Å²) >= 11 is 0. The molecule has 0 amide bonds. The normalized spacial score (nSPS) is 16.5. The Balaban J connectivity index is 2.30. The maximum absolute atomic E-state index is 12.8. The van der Waals surface area contributed by atoms with Crippen LogP contribution in [0.25, 0.3) is 0 Å². The van der Waals surface area contributed by atoms with Gasteiger partial charge in [-0.25, -0.2) is 4.79 Å². The van der Waals surface area contributed by atoms with Gasteiger partial charge in [0, 0.05) is 5.56 Å². The van der Waals surface area contributed by atoms with Gasteiger partial charge in [0.05, 0.1) is 12.2 Å². The number of ether oxygens (including phenoxy) is 1. The van der Waals surface area contributed by atoms with Crippen LogP contribution in [0.5, 0.6) is 0 Å². The van der Waals surface area contributed by atoms with Gasteiger partial charge in [0.25, 0.3) is 0 Å². The van der Waals surface area contributed by atoms with Crippen LogP contribution < -0.4 is 0 Å². The number of Topliss-reactive ketones (excluding diaryl/α,β-unsaturated/α-hetero) is 1. The zero-order valence-electron chi connectivity index (χ0n) is 14.8. The van der Waals surface area contributed by atoms with Crippen LogP contribution in [0, 0.1) is 0 Å². The maximum atomic E-state index is 12.8. The van der Waals surface area contributed by atoms with Crippen molar-refractivity contribution in [3.63, 3.8) is 0 Å². The van der Waals surface area contributed by atoms with Crippen molar-refractivity contribution in [1.29, 1.82) is 0 Å². The van der Waals surface area contributed by atoms with Crippen LogP contribution in [-0.2, 0) is 4.74 Å².